The fourth-order valence-electron chi connectivity index (χ4n) is 2.68. The molecule has 30 heavy (non-hydrogen) atoms. The van der Waals surface area contributed by atoms with Gasteiger partial charge in [0.25, 0.3) is 17.2 Å². The van der Waals surface area contributed by atoms with Crippen LogP contribution in [0.5, 0.6) is 0 Å². The van der Waals surface area contributed by atoms with Crippen LogP contribution in [0, 0.1) is 10.1 Å². The Balaban J connectivity index is 2.32. The second kappa shape index (κ2) is 10.7. The molecule has 0 unspecified atom stereocenters. The van der Waals surface area contributed by atoms with Gasteiger partial charge in [0.1, 0.15) is 0 Å². The van der Waals surface area contributed by atoms with E-state index in [0.717, 1.165) is 16.7 Å². The SMILES string of the molecule is CC(C)OCCCNC(=O)[C@@H](C(=O)c1cccc([N+](=O)[O-])c1)n1cc(Cl)ccc1=O. The number of nitrogens with zero attached hydrogens (tertiary/aromatic N) is 2. The Morgan fingerprint density at radius 2 is 2.00 bits per heavy atom. The monoisotopic (exact) mass is 435 g/mol. The normalized spacial score (nSPS) is 11.9. The summed E-state index contributed by atoms with van der Waals surface area (Å²) >= 11 is 5.95. The zero-order chi connectivity index (χ0) is 22.3. The highest BCUT2D eigenvalue weighted by molar-refractivity contribution is 6.30. The van der Waals surface area contributed by atoms with Crippen molar-refractivity contribution in [2.24, 2.45) is 0 Å². The molecule has 160 valence electrons. The lowest BCUT2D eigenvalue weighted by molar-refractivity contribution is -0.384. The molecule has 2 rings (SSSR count). The molecule has 1 heterocycles. The predicted molar refractivity (Wildman–Crippen MR) is 111 cm³/mol. The molecule has 0 aliphatic heterocycles. The third kappa shape index (κ3) is 6.23. The maximum absolute atomic E-state index is 13.1. The molecule has 1 aromatic carbocycles. The zero-order valence-corrected chi connectivity index (χ0v) is 17.3. The Morgan fingerprint density at radius 1 is 1.27 bits per heavy atom. The summed E-state index contributed by atoms with van der Waals surface area (Å²) in [4.78, 5) is 48.6. The van der Waals surface area contributed by atoms with Crippen LogP contribution in [-0.4, -0.2) is 40.4 Å². The van der Waals surface area contributed by atoms with Gasteiger partial charge in [-0.3, -0.25) is 29.1 Å². The van der Waals surface area contributed by atoms with Crippen LogP contribution in [0.1, 0.15) is 36.7 Å². The number of benzene rings is 1. The van der Waals surface area contributed by atoms with Crippen molar-refractivity contribution in [2.45, 2.75) is 32.4 Å². The number of pyridine rings is 1. The first-order chi connectivity index (χ1) is 14.2. The van der Waals surface area contributed by atoms with E-state index < -0.39 is 28.2 Å². The fraction of sp³-hybridized carbons (Fsp3) is 0.350. The molecule has 1 atom stereocenters. The smallest absolute Gasteiger partial charge is 0.270 e. The van der Waals surface area contributed by atoms with Gasteiger partial charge < -0.3 is 10.1 Å². The van der Waals surface area contributed by atoms with Crippen LogP contribution in [0.25, 0.3) is 0 Å². The number of nitrogens with one attached hydrogen (secondary N) is 1. The van der Waals surface area contributed by atoms with Gasteiger partial charge in [-0.15, -0.1) is 0 Å². The van der Waals surface area contributed by atoms with Crippen LogP contribution >= 0.6 is 11.6 Å². The molecule has 0 saturated heterocycles. The standard InChI is InChI=1S/C20H22ClN3O6/c1-13(2)30-10-4-9-22-20(27)18(23-12-15(21)7-8-17(23)25)19(26)14-5-3-6-16(11-14)24(28)29/h3,5-8,11-13,18H,4,9-10H2,1-2H3,(H,22,27)/t18-/m1/s1. The molecule has 1 aromatic heterocycles. The molecule has 0 fully saturated rings. The first-order valence-electron chi connectivity index (χ1n) is 9.26. The molecule has 0 saturated carbocycles. The van der Waals surface area contributed by atoms with Gasteiger partial charge in [-0.1, -0.05) is 23.7 Å². The van der Waals surface area contributed by atoms with Crippen molar-refractivity contribution in [3.8, 4) is 0 Å². The molecule has 0 radical (unpaired) electrons. The molecule has 1 N–H and O–H groups in total. The average molecular weight is 436 g/mol. The van der Waals surface area contributed by atoms with E-state index in [-0.39, 0.29) is 28.9 Å². The van der Waals surface area contributed by atoms with Gasteiger partial charge in [-0.05, 0) is 26.3 Å². The van der Waals surface area contributed by atoms with E-state index in [1.807, 2.05) is 13.8 Å². The molecule has 0 aliphatic carbocycles. The van der Waals surface area contributed by atoms with Crippen LogP contribution in [0.2, 0.25) is 5.02 Å². The van der Waals surface area contributed by atoms with Gasteiger partial charge in [0, 0.05) is 43.1 Å². The number of nitro benzene ring substituents is 1. The summed E-state index contributed by atoms with van der Waals surface area (Å²) in [5, 5.41) is 13.8. The fourth-order valence-corrected chi connectivity index (χ4v) is 2.85. The van der Waals surface area contributed by atoms with Crippen molar-refractivity contribution in [3.05, 3.63) is 73.6 Å². The van der Waals surface area contributed by atoms with Gasteiger partial charge in [0.15, 0.2) is 11.8 Å². The van der Waals surface area contributed by atoms with Crippen molar-refractivity contribution < 1.29 is 19.2 Å². The van der Waals surface area contributed by atoms with Gasteiger partial charge >= 0.3 is 0 Å². The lowest BCUT2D eigenvalue weighted by Gasteiger charge is -2.19. The van der Waals surface area contributed by atoms with Crippen LogP contribution in [0.4, 0.5) is 5.69 Å². The first-order valence-corrected chi connectivity index (χ1v) is 9.64. The lowest BCUT2D eigenvalue weighted by Crippen LogP contribution is -2.41. The molecule has 0 bridgehead atoms. The molecule has 2 aromatic rings. The van der Waals surface area contributed by atoms with Gasteiger partial charge in [-0.25, -0.2) is 0 Å². The number of amides is 1. The number of carbonyl (C=O) groups excluding carboxylic acids is 2. The van der Waals surface area contributed by atoms with E-state index in [4.69, 9.17) is 16.3 Å². The summed E-state index contributed by atoms with van der Waals surface area (Å²) in [5.41, 5.74) is -0.981. The molecular weight excluding hydrogens is 414 g/mol. The van der Waals surface area contributed by atoms with Crippen molar-refractivity contribution in [1.29, 1.82) is 0 Å². The number of hydrogen-bond donors (Lipinski definition) is 1. The Hall–Kier alpha value is -3.04. The molecule has 0 aliphatic rings. The minimum atomic E-state index is -1.57. The summed E-state index contributed by atoms with van der Waals surface area (Å²) in [6.07, 6.45) is 1.74. The number of Topliss-reactive ketones (excluding diaryl/α,β-unsaturated/α-hetero) is 1. The number of ketones is 1. The molecule has 0 spiro atoms. The van der Waals surface area contributed by atoms with Gasteiger partial charge in [-0.2, -0.15) is 0 Å². The predicted octanol–water partition coefficient (Wildman–Crippen LogP) is 2.77. The second-order valence-electron chi connectivity index (χ2n) is 6.73. The van der Waals surface area contributed by atoms with E-state index >= 15 is 0 Å². The summed E-state index contributed by atoms with van der Waals surface area (Å²) in [6, 6.07) is 5.90. The Morgan fingerprint density at radius 3 is 2.67 bits per heavy atom. The van der Waals surface area contributed by atoms with E-state index in [1.54, 1.807) is 0 Å². The maximum Gasteiger partial charge on any atom is 0.270 e. The summed E-state index contributed by atoms with van der Waals surface area (Å²) in [7, 11) is 0. The van der Waals surface area contributed by atoms with Gasteiger partial charge in [0.05, 0.1) is 16.0 Å². The number of ether oxygens (including phenoxy) is 1. The summed E-state index contributed by atoms with van der Waals surface area (Å²) < 4.78 is 6.32. The number of non-ortho nitro benzene ring substituents is 1. The van der Waals surface area contributed by atoms with Crippen molar-refractivity contribution >= 4 is 29.0 Å². The Bertz CT molecular complexity index is 989. The Kier molecular flexibility index (Phi) is 8.25. The minimum absolute atomic E-state index is 0.0499. The van der Waals surface area contributed by atoms with Crippen molar-refractivity contribution in [2.75, 3.05) is 13.2 Å². The Labute approximate surface area is 177 Å². The number of halogens is 1. The van der Waals surface area contributed by atoms with E-state index in [2.05, 4.69) is 5.32 Å². The number of carbonyl (C=O) groups is 2. The van der Waals surface area contributed by atoms with Crippen LogP contribution in [0.15, 0.2) is 47.4 Å². The lowest BCUT2D eigenvalue weighted by atomic mass is 10.0. The number of nitro groups is 1. The van der Waals surface area contributed by atoms with Crippen molar-refractivity contribution in [3.63, 3.8) is 0 Å². The van der Waals surface area contributed by atoms with Crippen LogP contribution in [0.3, 0.4) is 0 Å². The third-order valence-corrected chi connectivity index (χ3v) is 4.31. The number of aromatic nitrogens is 1. The number of hydrogen-bond acceptors (Lipinski definition) is 6. The van der Waals surface area contributed by atoms with E-state index in [1.165, 1.54) is 30.5 Å². The highest BCUT2D eigenvalue weighted by atomic mass is 35.5. The second-order valence-corrected chi connectivity index (χ2v) is 7.17. The molecule has 9 nitrogen and oxygen atoms in total. The maximum atomic E-state index is 13.1. The number of rotatable bonds is 10. The summed E-state index contributed by atoms with van der Waals surface area (Å²) in [5.74, 6) is -1.49. The zero-order valence-electron chi connectivity index (χ0n) is 16.5. The van der Waals surface area contributed by atoms with E-state index in [9.17, 15) is 24.5 Å². The molecule has 1 amide bonds. The third-order valence-electron chi connectivity index (χ3n) is 4.09. The molecular formula is C20H22ClN3O6. The average Bonchev–Trinajstić information content (AvgIpc) is 2.70. The minimum Gasteiger partial charge on any atom is -0.379 e. The van der Waals surface area contributed by atoms with E-state index in [0.29, 0.717) is 13.0 Å². The first kappa shape index (κ1) is 23.2. The summed E-state index contributed by atoms with van der Waals surface area (Å²) in [6.45, 7) is 4.41. The van der Waals surface area contributed by atoms with Gasteiger partial charge in [0.2, 0.25) is 0 Å². The quantitative estimate of drug-likeness (QED) is 0.201. The topological polar surface area (TPSA) is 121 Å². The highest BCUT2D eigenvalue weighted by Crippen LogP contribution is 2.20. The highest BCUT2D eigenvalue weighted by Gasteiger charge is 2.31. The van der Waals surface area contributed by atoms with Crippen LogP contribution in [-0.2, 0) is 9.53 Å². The van der Waals surface area contributed by atoms with Crippen molar-refractivity contribution in [1.82, 2.24) is 9.88 Å². The largest absolute Gasteiger partial charge is 0.379 e. The molecule has 10 heteroatoms. The van der Waals surface area contributed by atoms with Crippen LogP contribution < -0.4 is 10.9 Å².